The maximum atomic E-state index is 10.6. The minimum atomic E-state index is -0.919. The summed E-state index contributed by atoms with van der Waals surface area (Å²) in [5, 5.41) is 14.8. The van der Waals surface area contributed by atoms with Crippen LogP contribution in [0.5, 0.6) is 0 Å². The zero-order chi connectivity index (χ0) is 10.7. The molecule has 3 N–H and O–H groups in total. The third-order valence-corrected chi connectivity index (χ3v) is 2.07. The summed E-state index contributed by atoms with van der Waals surface area (Å²) in [6.45, 7) is 1.62. The Morgan fingerprint density at radius 2 is 2.06 bits per heavy atom. The quantitative estimate of drug-likeness (QED) is 0.727. The van der Waals surface area contributed by atoms with Crippen LogP contribution in [0.2, 0.25) is 0 Å². The predicted molar refractivity (Wildman–Crippen MR) is 64.6 cm³/mol. The monoisotopic (exact) mass is 241 g/mol. The maximum absolute atomic E-state index is 10.6. The van der Waals surface area contributed by atoms with Gasteiger partial charge in [-0.2, -0.15) is 0 Å². The number of carbonyl (C=O) groups is 1. The number of carboxylic acid groups (broad SMARTS) is 1. The summed E-state index contributed by atoms with van der Waals surface area (Å²) in [5.41, 5.74) is 1.11. The highest BCUT2D eigenvalue weighted by atomic mass is 35.5. The Morgan fingerprint density at radius 3 is 2.56 bits per heavy atom. The highest BCUT2D eigenvalue weighted by molar-refractivity contribution is 5.95. The lowest BCUT2D eigenvalue weighted by Crippen LogP contribution is -2.26. The molecule has 5 nitrogen and oxygen atoms in total. The minimum absolute atomic E-state index is 0. The van der Waals surface area contributed by atoms with Gasteiger partial charge in [-0.1, -0.05) is 0 Å². The molecule has 0 fully saturated rings. The molecular formula is C10H12ClN3O2. The molecule has 0 bridgehead atoms. The number of rotatable bonds is 2. The lowest BCUT2D eigenvalue weighted by Gasteiger charge is -2.06. The summed E-state index contributed by atoms with van der Waals surface area (Å²) in [7, 11) is 0. The van der Waals surface area contributed by atoms with Crippen molar-refractivity contribution in [3.8, 4) is 0 Å². The number of halogens is 1. The number of guanidine groups is 1. The van der Waals surface area contributed by atoms with E-state index < -0.39 is 5.97 Å². The second-order valence-electron chi connectivity index (χ2n) is 3.16. The van der Waals surface area contributed by atoms with E-state index in [1.165, 1.54) is 0 Å². The van der Waals surface area contributed by atoms with E-state index in [1.54, 1.807) is 24.3 Å². The van der Waals surface area contributed by atoms with Gasteiger partial charge in [0, 0.05) is 12.2 Å². The van der Waals surface area contributed by atoms with Gasteiger partial charge in [0.15, 0.2) is 5.96 Å². The molecule has 6 heteroatoms. The maximum Gasteiger partial charge on any atom is 0.335 e. The van der Waals surface area contributed by atoms with Crippen molar-refractivity contribution < 1.29 is 9.90 Å². The number of hydrogen-bond donors (Lipinski definition) is 3. The molecule has 0 atom stereocenters. The van der Waals surface area contributed by atoms with Crippen LogP contribution in [0.4, 0.5) is 5.69 Å². The smallest absolute Gasteiger partial charge is 0.335 e. The normalized spacial score (nSPS) is 13.4. The first kappa shape index (κ1) is 12.3. The summed E-state index contributed by atoms with van der Waals surface area (Å²) in [6, 6.07) is 6.54. The Morgan fingerprint density at radius 1 is 1.38 bits per heavy atom. The van der Waals surface area contributed by atoms with Crippen molar-refractivity contribution in [2.24, 2.45) is 4.99 Å². The van der Waals surface area contributed by atoms with Crippen LogP contribution >= 0.6 is 12.4 Å². The van der Waals surface area contributed by atoms with E-state index >= 15 is 0 Å². The summed E-state index contributed by atoms with van der Waals surface area (Å²) < 4.78 is 0. The second kappa shape index (κ2) is 5.37. The van der Waals surface area contributed by atoms with Crippen molar-refractivity contribution in [3.63, 3.8) is 0 Å². The molecular weight excluding hydrogens is 230 g/mol. The van der Waals surface area contributed by atoms with E-state index in [0.717, 1.165) is 24.7 Å². The van der Waals surface area contributed by atoms with Crippen molar-refractivity contribution in [2.45, 2.75) is 0 Å². The molecule has 0 saturated heterocycles. The van der Waals surface area contributed by atoms with Gasteiger partial charge in [-0.05, 0) is 24.3 Å². The first-order valence-electron chi connectivity index (χ1n) is 4.64. The molecule has 0 unspecified atom stereocenters. The Hall–Kier alpha value is -1.75. The van der Waals surface area contributed by atoms with E-state index in [4.69, 9.17) is 5.11 Å². The number of aromatic carboxylic acids is 1. The van der Waals surface area contributed by atoms with E-state index in [9.17, 15) is 4.79 Å². The van der Waals surface area contributed by atoms with Gasteiger partial charge >= 0.3 is 5.97 Å². The molecule has 0 spiro atoms. The van der Waals surface area contributed by atoms with Crippen LogP contribution in [0.25, 0.3) is 0 Å². The van der Waals surface area contributed by atoms with E-state index in [-0.39, 0.29) is 18.0 Å². The molecule has 0 aliphatic carbocycles. The molecule has 86 valence electrons. The average Bonchev–Trinajstić information content (AvgIpc) is 2.71. The first-order chi connectivity index (χ1) is 7.25. The average molecular weight is 242 g/mol. The van der Waals surface area contributed by atoms with Crippen molar-refractivity contribution in [1.29, 1.82) is 0 Å². The fraction of sp³-hybridized carbons (Fsp3) is 0.200. The molecule has 0 aromatic heterocycles. The minimum Gasteiger partial charge on any atom is -0.478 e. The highest BCUT2D eigenvalue weighted by Crippen LogP contribution is 2.09. The van der Waals surface area contributed by atoms with Gasteiger partial charge in [-0.25, -0.2) is 4.79 Å². The molecule has 1 aliphatic rings. The predicted octanol–water partition coefficient (Wildman–Crippen LogP) is 1.18. The van der Waals surface area contributed by atoms with Gasteiger partial charge in [0.25, 0.3) is 0 Å². The van der Waals surface area contributed by atoms with Crippen LogP contribution in [-0.4, -0.2) is 30.1 Å². The number of nitrogens with zero attached hydrogens (tertiary/aromatic N) is 1. The first-order valence-corrected chi connectivity index (χ1v) is 4.64. The fourth-order valence-corrected chi connectivity index (χ4v) is 1.31. The van der Waals surface area contributed by atoms with Crippen LogP contribution < -0.4 is 10.6 Å². The second-order valence-corrected chi connectivity index (χ2v) is 3.16. The van der Waals surface area contributed by atoms with Gasteiger partial charge < -0.3 is 15.7 Å². The van der Waals surface area contributed by atoms with Crippen LogP contribution in [-0.2, 0) is 0 Å². The van der Waals surface area contributed by atoms with Crippen LogP contribution in [0.3, 0.4) is 0 Å². The molecule has 1 aliphatic heterocycles. The van der Waals surface area contributed by atoms with Crippen LogP contribution in [0, 0.1) is 0 Å². The van der Waals surface area contributed by atoms with Gasteiger partial charge in [0.1, 0.15) is 0 Å². The van der Waals surface area contributed by atoms with Crippen molar-refractivity contribution >= 4 is 30.0 Å². The van der Waals surface area contributed by atoms with Gasteiger partial charge in [0.05, 0.1) is 12.1 Å². The Bertz CT molecular complexity index is 403. The molecule has 0 radical (unpaired) electrons. The molecule has 1 aromatic carbocycles. The molecule has 16 heavy (non-hydrogen) atoms. The molecule has 1 heterocycles. The number of hydrogen-bond acceptors (Lipinski definition) is 4. The van der Waals surface area contributed by atoms with E-state index in [2.05, 4.69) is 15.6 Å². The summed E-state index contributed by atoms with van der Waals surface area (Å²) in [5.74, 6) is -0.184. The SMILES string of the molecule is Cl.O=C(O)c1ccc(NC2=NCCN2)cc1. The standard InChI is InChI=1S/C10H11N3O2.ClH/c14-9(15)7-1-3-8(4-2-7)13-10-11-5-6-12-10;/h1-4H,5-6H2,(H,14,15)(H2,11,12,13);1H. The van der Waals surface area contributed by atoms with Crippen LogP contribution in [0.15, 0.2) is 29.3 Å². The Balaban J connectivity index is 0.00000128. The zero-order valence-electron chi connectivity index (χ0n) is 8.43. The topological polar surface area (TPSA) is 73.7 Å². The van der Waals surface area contributed by atoms with Crippen molar-refractivity contribution in [3.05, 3.63) is 29.8 Å². The number of anilines is 1. The van der Waals surface area contributed by atoms with Gasteiger partial charge in [-0.15, -0.1) is 12.4 Å². The number of benzene rings is 1. The molecule has 0 saturated carbocycles. The number of nitrogens with one attached hydrogen (secondary N) is 2. The van der Waals surface area contributed by atoms with Crippen molar-refractivity contribution in [1.82, 2.24) is 5.32 Å². The number of carboxylic acids is 1. The summed E-state index contributed by atoms with van der Waals surface area (Å²) >= 11 is 0. The molecule has 0 amide bonds. The van der Waals surface area contributed by atoms with Gasteiger partial charge in [0.2, 0.25) is 0 Å². The summed E-state index contributed by atoms with van der Waals surface area (Å²) in [4.78, 5) is 14.8. The van der Waals surface area contributed by atoms with E-state index in [1.807, 2.05) is 0 Å². The van der Waals surface area contributed by atoms with Gasteiger partial charge in [-0.3, -0.25) is 4.99 Å². The molecule has 2 rings (SSSR count). The summed E-state index contributed by atoms with van der Waals surface area (Å²) in [6.07, 6.45) is 0. The third kappa shape index (κ3) is 2.87. The zero-order valence-corrected chi connectivity index (χ0v) is 9.25. The lowest BCUT2D eigenvalue weighted by molar-refractivity contribution is 0.0697. The highest BCUT2D eigenvalue weighted by Gasteiger charge is 2.05. The fourth-order valence-electron chi connectivity index (χ4n) is 1.31. The Kier molecular flexibility index (Phi) is 4.13. The largest absolute Gasteiger partial charge is 0.478 e. The van der Waals surface area contributed by atoms with E-state index in [0.29, 0.717) is 0 Å². The molecule has 1 aromatic rings. The van der Waals surface area contributed by atoms with Crippen LogP contribution in [0.1, 0.15) is 10.4 Å². The van der Waals surface area contributed by atoms with Crippen molar-refractivity contribution in [2.75, 3.05) is 18.4 Å². The Labute approximate surface area is 99.0 Å². The lowest BCUT2D eigenvalue weighted by atomic mass is 10.2. The number of aliphatic imine (C=N–C) groups is 1. The third-order valence-electron chi connectivity index (χ3n) is 2.07.